The summed E-state index contributed by atoms with van der Waals surface area (Å²) in [6.07, 6.45) is 7.45. The van der Waals surface area contributed by atoms with Crippen LogP contribution in [0.1, 0.15) is 81.9 Å². The summed E-state index contributed by atoms with van der Waals surface area (Å²) in [4.78, 5) is 15.9. The first-order valence-electron chi connectivity index (χ1n) is 12.8. The molecule has 6 heteroatoms. The summed E-state index contributed by atoms with van der Waals surface area (Å²) in [5.74, 6) is -0.0739. The highest BCUT2D eigenvalue weighted by Gasteiger charge is 2.22. The standard InChI is InChI=1S/C31H38ClNO3S/c1-30(2,21-29(34)35)17-15-28(37-18-6-16-31(3,4)36)24-8-5-7-22(19-24)9-13-26-14-11-23-10-12-25(32)20-27(23)33-26/h5,7-14,19-20,28,36H,6,15-18,21H2,1-4H3,(H,34,35)/p-1/b13-9+. The van der Waals surface area contributed by atoms with E-state index in [2.05, 4.69) is 30.3 Å². The van der Waals surface area contributed by atoms with Crippen LogP contribution >= 0.6 is 23.4 Å². The van der Waals surface area contributed by atoms with Crippen LogP contribution in [-0.2, 0) is 4.79 Å². The summed E-state index contributed by atoms with van der Waals surface area (Å²) in [5.41, 5.74) is 3.04. The molecule has 1 unspecified atom stereocenters. The first-order valence-corrected chi connectivity index (χ1v) is 14.2. The molecule has 0 amide bonds. The van der Waals surface area contributed by atoms with Crippen molar-refractivity contribution in [3.8, 4) is 0 Å². The van der Waals surface area contributed by atoms with Crippen molar-refractivity contribution >= 4 is 52.4 Å². The topological polar surface area (TPSA) is 73.2 Å². The van der Waals surface area contributed by atoms with Gasteiger partial charge in [0.1, 0.15) is 0 Å². The predicted molar refractivity (Wildman–Crippen MR) is 155 cm³/mol. The first kappa shape index (κ1) is 29.2. The smallest absolute Gasteiger partial charge is 0.0724 e. The Morgan fingerprint density at radius 3 is 2.57 bits per heavy atom. The van der Waals surface area contributed by atoms with Crippen LogP contribution in [0.2, 0.25) is 5.02 Å². The lowest BCUT2D eigenvalue weighted by atomic mass is 9.83. The van der Waals surface area contributed by atoms with Crippen LogP contribution in [0.3, 0.4) is 0 Å². The molecular weight excluding hydrogens is 502 g/mol. The maximum absolute atomic E-state index is 11.2. The molecule has 1 atom stereocenters. The minimum Gasteiger partial charge on any atom is -0.550 e. The number of aromatic nitrogens is 1. The van der Waals surface area contributed by atoms with Gasteiger partial charge in [0.15, 0.2) is 0 Å². The maximum atomic E-state index is 11.2. The number of hydrogen-bond donors (Lipinski definition) is 1. The van der Waals surface area contributed by atoms with Gasteiger partial charge in [-0.05, 0) is 92.5 Å². The summed E-state index contributed by atoms with van der Waals surface area (Å²) >= 11 is 8.01. The van der Waals surface area contributed by atoms with Crippen molar-refractivity contribution in [2.75, 3.05) is 5.75 Å². The number of carbonyl (C=O) groups is 1. The molecule has 198 valence electrons. The fourth-order valence-electron chi connectivity index (χ4n) is 4.32. The van der Waals surface area contributed by atoms with E-state index < -0.39 is 11.6 Å². The van der Waals surface area contributed by atoms with Crippen LogP contribution in [0.5, 0.6) is 0 Å². The van der Waals surface area contributed by atoms with Gasteiger partial charge in [-0.15, -0.1) is 0 Å². The monoisotopic (exact) mass is 538 g/mol. The second-order valence-electron chi connectivity index (χ2n) is 11.1. The third-order valence-corrected chi connectivity index (χ3v) is 8.03. The van der Waals surface area contributed by atoms with Crippen molar-refractivity contribution in [3.63, 3.8) is 0 Å². The fourth-order valence-corrected chi connectivity index (χ4v) is 5.71. The zero-order valence-electron chi connectivity index (χ0n) is 22.2. The molecule has 4 nitrogen and oxygen atoms in total. The third kappa shape index (κ3) is 10.1. The molecule has 1 heterocycles. The molecule has 3 aromatic rings. The molecule has 0 radical (unpaired) electrons. The van der Waals surface area contributed by atoms with Gasteiger partial charge in [0, 0.05) is 21.6 Å². The minimum atomic E-state index is -1.00. The number of carbonyl (C=O) groups excluding carboxylic acids is 1. The lowest BCUT2D eigenvalue weighted by Crippen LogP contribution is -2.29. The highest BCUT2D eigenvalue weighted by atomic mass is 35.5. The molecule has 1 aromatic heterocycles. The predicted octanol–water partition coefficient (Wildman–Crippen LogP) is 7.33. The van der Waals surface area contributed by atoms with E-state index in [1.807, 2.05) is 75.9 Å². The Balaban J connectivity index is 1.76. The molecule has 0 aliphatic carbocycles. The molecule has 0 bridgehead atoms. The first-order chi connectivity index (χ1) is 17.4. The average molecular weight is 539 g/mol. The van der Waals surface area contributed by atoms with Crippen LogP contribution in [0.4, 0.5) is 0 Å². The number of carboxylic acids is 1. The molecule has 0 aliphatic heterocycles. The summed E-state index contributed by atoms with van der Waals surface area (Å²) in [5, 5.41) is 23.2. The molecule has 0 spiro atoms. The van der Waals surface area contributed by atoms with Gasteiger partial charge in [-0.2, -0.15) is 11.8 Å². The highest BCUT2D eigenvalue weighted by molar-refractivity contribution is 7.99. The van der Waals surface area contributed by atoms with E-state index in [1.54, 1.807) is 0 Å². The lowest BCUT2D eigenvalue weighted by molar-refractivity contribution is -0.308. The number of benzene rings is 2. The second-order valence-corrected chi connectivity index (χ2v) is 12.9. The van der Waals surface area contributed by atoms with E-state index in [0.29, 0.717) is 5.02 Å². The number of pyridine rings is 1. The van der Waals surface area contributed by atoms with E-state index in [1.165, 1.54) is 5.56 Å². The van der Waals surface area contributed by atoms with Crippen molar-refractivity contribution in [1.82, 2.24) is 4.98 Å². The SMILES string of the molecule is CC(C)(O)CCCSC(CCC(C)(C)CC(=O)[O-])c1cccc(/C=C/c2ccc3ccc(Cl)cc3n2)c1. The molecule has 0 aliphatic rings. The molecule has 2 aromatic carbocycles. The molecule has 0 saturated carbocycles. The quantitative estimate of drug-likeness (QED) is 0.231. The average Bonchev–Trinajstić information content (AvgIpc) is 2.80. The fraction of sp³-hybridized carbons (Fsp3) is 0.419. The number of thioether (sulfide) groups is 1. The van der Waals surface area contributed by atoms with Gasteiger partial charge in [0.2, 0.25) is 0 Å². The van der Waals surface area contributed by atoms with Crippen LogP contribution in [0, 0.1) is 5.41 Å². The number of carboxylic acid groups (broad SMARTS) is 1. The minimum absolute atomic E-state index is 0.0514. The van der Waals surface area contributed by atoms with E-state index in [0.717, 1.165) is 53.6 Å². The zero-order valence-corrected chi connectivity index (χ0v) is 23.7. The van der Waals surface area contributed by atoms with Gasteiger partial charge in [-0.1, -0.05) is 67.9 Å². The third-order valence-electron chi connectivity index (χ3n) is 6.36. The Morgan fingerprint density at radius 1 is 1.08 bits per heavy atom. The number of aliphatic carboxylic acids is 1. The normalized spacial score (nSPS) is 13.4. The number of nitrogens with zero attached hydrogens (tertiary/aromatic N) is 1. The van der Waals surface area contributed by atoms with Crippen molar-refractivity contribution in [2.24, 2.45) is 5.41 Å². The van der Waals surface area contributed by atoms with Gasteiger partial charge in [-0.3, -0.25) is 0 Å². The molecular formula is C31H37ClNO3S-. The zero-order chi connectivity index (χ0) is 27.1. The maximum Gasteiger partial charge on any atom is 0.0724 e. The Bertz CT molecular complexity index is 1230. The number of aliphatic hydroxyl groups is 1. The molecule has 3 rings (SSSR count). The van der Waals surface area contributed by atoms with E-state index in [4.69, 9.17) is 16.6 Å². The summed E-state index contributed by atoms with van der Waals surface area (Å²) in [7, 11) is 0. The second kappa shape index (κ2) is 12.9. The molecule has 0 fully saturated rings. The molecule has 1 N–H and O–H groups in total. The van der Waals surface area contributed by atoms with Crippen molar-refractivity contribution in [1.29, 1.82) is 0 Å². The molecule has 0 saturated heterocycles. The Morgan fingerprint density at radius 2 is 1.84 bits per heavy atom. The van der Waals surface area contributed by atoms with Crippen LogP contribution < -0.4 is 5.11 Å². The summed E-state index contributed by atoms with van der Waals surface area (Å²) in [6.45, 7) is 7.65. The Labute approximate surface area is 230 Å². The number of fused-ring (bicyclic) bond motifs is 1. The van der Waals surface area contributed by atoms with Gasteiger partial charge in [-0.25, -0.2) is 4.98 Å². The van der Waals surface area contributed by atoms with Crippen molar-refractivity contribution in [3.05, 3.63) is 76.4 Å². The number of hydrogen-bond acceptors (Lipinski definition) is 5. The Kier molecular flexibility index (Phi) is 10.2. The Hall–Kier alpha value is -2.34. The summed E-state index contributed by atoms with van der Waals surface area (Å²) < 4.78 is 0. The summed E-state index contributed by atoms with van der Waals surface area (Å²) in [6, 6.07) is 18.2. The highest BCUT2D eigenvalue weighted by Crippen LogP contribution is 2.39. The van der Waals surface area contributed by atoms with Gasteiger partial charge in [0.05, 0.1) is 16.8 Å². The van der Waals surface area contributed by atoms with Gasteiger partial charge >= 0.3 is 0 Å². The lowest BCUT2D eigenvalue weighted by Gasteiger charge is -2.28. The largest absolute Gasteiger partial charge is 0.550 e. The van der Waals surface area contributed by atoms with E-state index >= 15 is 0 Å². The van der Waals surface area contributed by atoms with Crippen LogP contribution in [-0.4, -0.2) is 27.4 Å². The van der Waals surface area contributed by atoms with Gasteiger partial charge < -0.3 is 15.0 Å². The van der Waals surface area contributed by atoms with E-state index in [-0.39, 0.29) is 17.1 Å². The van der Waals surface area contributed by atoms with Gasteiger partial charge in [0.25, 0.3) is 0 Å². The van der Waals surface area contributed by atoms with Crippen LogP contribution in [0.15, 0.2) is 54.6 Å². The molecule has 37 heavy (non-hydrogen) atoms. The number of rotatable bonds is 13. The van der Waals surface area contributed by atoms with Crippen molar-refractivity contribution < 1.29 is 15.0 Å². The van der Waals surface area contributed by atoms with E-state index in [9.17, 15) is 15.0 Å². The van der Waals surface area contributed by atoms with Crippen LogP contribution in [0.25, 0.3) is 23.1 Å². The van der Waals surface area contributed by atoms with Crippen molar-refractivity contribution in [2.45, 2.75) is 70.7 Å². The number of halogens is 1.